The zero-order valence-electron chi connectivity index (χ0n) is 13.8. The van der Waals surface area contributed by atoms with Crippen molar-refractivity contribution >= 4 is 0 Å². The molecule has 0 atom stereocenters. The van der Waals surface area contributed by atoms with E-state index in [0.717, 1.165) is 19.6 Å². The van der Waals surface area contributed by atoms with Crippen LogP contribution in [-0.4, -0.2) is 26.7 Å². The normalized spacial score (nSPS) is 12.5. The first-order chi connectivity index (χ1) is 9.24. The van der Waals surface area contributed by atoms with Gasteiger partial charge in [0.05, 0.1) is 0 Å². The summed E-state index contributed by atoms with van der Waals surface area (Å²) in [6.07, 6.45) is 11.1. The monoisotopic (exact) mass is 266 g/mol. The Labute approximate surface area is 121 Å². The van der Waals surface area contributed by atoms with Gasteiger partial charge in [-0.3, -0.25) is 0 Å². The van der Waals surface area contributed by atoms with Crippen molar-refractivity contribution in [2.45, 2.75) is 47.5 Å². The molecule has 0 aromatic carbocycles. The Kier molecular flexibility index (Phi) is 18.5. The second-order valence-corrected chi connectivity index (χ2v) is 4.27. The second kappa shape index (κ2) is 17.1. The third kappa shape index (κ3) is 15.1. The molecule has 0 saturated heterocycles. The van der Waals surface area contributed by atoms with E-state index in [0.29, 0.717) is 0 Å². The van der Waals surface area contributed by atoms with Gasteiger partial charge in [0, 0.05) is 6.54 Å². The average Bonchev–Trinajstić information content (AvgIpc) is 2.44. The Balaban J connectivity index is 0. The number of nitrogens with one attached hydrogen (secondary N) is 2. The van der Waals surface area contributed by atoms with Crippen molar-refractivity contribution in [3.63, 3.8) is 0 Å². The minimum absolute atomic E-state index is 0.981. The average molecular weight is 266 g/mol. The quantitative estimate of drug-likeness (QED) is 0.485. The van der Waals surface area contributed by atoms with Crippen molar-refractivity contribution in [3.8, 4) is 0 Å². The molecule has 0 unspecified atom stereocenters. The molecular formula is C17H34N2. The third-order valence-corrected chi connectivity index (χ3v) is 2.54. The number of allylic oxidation sites excluding steroid dienone is 5. The summed E-state index contributed by atoms with van der Waals surface area (Å²) in [5, 5.41) is 6.63. The highest BCUT2D eigenvalue weighted by atomic mass is 14.8. The molecule has 0 aliphatic heterocycles. The van der Waals surface area contributed by atoms with Gasteiger partial charge in [0.15, 0.2) is 0 Å². The maximum atomic E-state index is 3.47. The fourth-order valence-electron chi connectivity index (χ4n) is 1.59. The largest absolute Gasteiger partial charge is 0.320 e. The zero-order valence-corrected chi connectivity index (χ0v) is 13.8. The standard InChI is InChI=1S/C15H28N2.C2H6/c1-5-9-15(6-2)12-14(3)13-17-11-8-7-10-16-4;1-2/h5-6,9,12,16-17H,7-8,10-11,13H2,1-4H3;1-2H3/b9-5-,14-12+,15-6+;. The Hall–Kier alpha value is -0.860. The van der Waals surface area contributed by atoms with Crippen molar-refractivity contribution in [2.24, 2.45) is 0 Å². The van der Waals surface area contributed by atoms with Gasteiger partial charge in [-0.1, -0.05) is 43.7 Å². The van der Waals surface area contributed by atoms with Gasteiger partial charge in [-0.25, -0.2) is 0 Å². The molecule has 112 valence electrons. The lowest BCUT2D eigenvalue weighted by atomic mass is 10.1. The first kappa shape index (κ1) is 20.5. The zero-order chi connectivity index (χ0) is 14.9. The van der Waals surface area contributed by atoms with Gasteiger partial charge in [0.1, 0.15) is 0 Å². The van der Waals surface area contributed by atoms with Crippen molar-refractivity contribution in [1.29, 1.82) is 0 Å². The Morgan fingerprint density at radius 3 is 2.21 bits per heavy atom. The van der Waals surface area contributed by atoms with E-state index in [1.54, 1.807) is 0 Å². The molecule has 0 heterocycles. The summed E-state index contributed by atoms with van der Waals surface area (Å²) in [5.41, 5.74) is 2.66. The molecule has 0 aliphatic rings. The van der Waals surface area contributed by atoms with Crippen molar-refractivity contribution in [2.75, 3.05) is 26.7 Å². The summed E-state index contributed by atoms with van der Waals surface area (Å²) in [6, 6.07) is 0. The molecule has 0 aromatic rings. The van der Waals surface area contributed by atoms with E-state index < -0.39 is 0 Å². The van der Waals surface area contributed by atoms with Gasteiger partial charge in [-0.2, -0.15) is 0 Å². The van der Waals surface area contributed by atoms with E-state index in [1.807, 2.05) is 27.8 Å². The Morgan fingerprint density at radius 1 is 1.05 bits per heavy atom. The molecule has 0 aromatic heterocycles. The summed E-state index contributed by atoms with van der Waals surface area (Å²) in [5.74, 6) is 0. The predicted molar refractivity (Wildman–Crippen MR) is 89.7 cm³/mol. The molecule has 0 radical (unpaired) electrons. The van der Waals surface area contributed by atoms with Gasteiger partial charge in [0.2, 0.25) is 0 Å². The molecule has 0 rings (SSSR count). The highest BCUT2D eigenvalue weighted by Crippen LogP contribution is 2.03. The van der Waals surface area contributed by atoms with Crippen LogP contribution in [0.15, 0.2) is 35.5 Å². The summed E-state index contributed by atoms with van der Waals surface area (Å²) in [7, 11) is 2.00. The van der Waals surface area contributed by atoms with E-state index in [1.165, 1.54) is 24.0 Å². The minimum Gasteiger partial charge on any atom is -0.320 e. The molecule has 2 N–H and O–H groups in total. The number of hydrogen-bond donors (Lipinski definition) is 2. The van der Waals surface area contributed by atoms with Crippen molar-refractivity contribution < 1.29 is 0 Å². The van der Waals surface area contributed by atoms with E-state index in [-0.39, 0.29) is 0 Å². The number of rotatable bonds is 9. The van der Waals surface area contributed by atoms with Crippen LogP contribution in [0.2, 0.25) is 0 Å². The molecule has 2 nitrogen and oxygen atoms in total. The predicted octanol–water partition coefficient (Wildman–Crippen LogP) is 4.07. The van der Waals surface area contributed by atoms with Crippen LogP contribution in [-0.2, 0) is 0 Å². The fourth-order valence-corrected chi connectivity index (χ4v) is 1.59. The van der Waals surface area contributed by atoms with Crippen molar-refractivity contribution in [3.05, 3.63) is 35.5 Å². The topological polar surface area (TPSA) is 24.1 Å². The number of unbranched alkanes of at least 4 members (excludes halogenated alkanes) is 1. The lowest BCUT2D eigenvalue weighted by molar-refractivity contribution is 0.624. The number of hydrogen-bond acceptors (Lipinski definition) is 2. The van der Waals surface area contributed by atoms with Crippen LogP contribution in [0.5, 0.6) is 0 Å². The van der Waals surface area contributed by atoms with Gasteiger partial charge < -0.3 is 10.6 Å². The van der Waals surface area contributed by atoms with Crippen LogP contribution in [0.1, 0.15) is 47.5 Å². The summed E-state index contributed by atoms with van der Waals surface area (Å²) >= 11 is 0. The molecule has 2 heteroatoms. The first-order valence-electron chi connectivity index (χ1n) is 7.56. The van der Waals surface area contributed by atoms with Crippen LogP contribution in [0.4, 0.5) is 0 Å². The lowest BCUT2D eigenvalue weighted by Gasteiger charge is -2.05. The van der Waals surface area contributed by atoms with E-state index in [9.17, 15) is 0 Å². The molecule has 19 heavy (non-hydrogen) atoms. The molecule has 0 saturated carbocycles. The second-order valence-electron chi connectivity index (χ2n) is 4.27. The van der Waals surface area contributed by atoms with Gasteiger partial charge in [-0.05, 0) is 59.3 Å². The van der Waals surface area contributed by atoms with Crippen LogP contribution in [0.3, 0.4) is 0 Å². The molecule has 0 spiro atoms. The van der Waals surface area contributed by atoms with Crippen molar-refractivity contribution in [1.82, 2.24) is 10.6 Å². The van der Waals surface area contributed by atoms with E-state index in [2.05, 4.69) is 48.8 Å². The van der Waals surface area contributed by atoms with E-state index >= 15 is 0 Å². The maximum absolute atomic E-state index is 3.47. The maximum Gasteiger partial charge on any atom is 0.0165 e. The van der Waals surface area contributed by atoms with E-state index in [4.69, 9.17) is 0 Å². The summed E-state index contributed by atoms with van der Waals surface area (Å²) in [4.78, 5) is 0. The molecule has 0 fully saturated rings. The van der Waals surface area contributed by atoms with Gasteiger partial charge in [-0.15, -0.1) is 0 Å². The van der Waals surface area contributed by atoms with Crippen LogP contribution in [0.25, 0.3) is 0 Å². The van der Waals surface area contributed by atoms with Gasteiger partial charge >= 0.3 is 0 Å². The minimum atomic E-state index is 0.981. The first-order valence-corrected chi connectivity index (χ1v) is 7.56. The van der Waals surface area contributed by atoms with Gasteiger partial charge in [0.25, 0.3) is 0 Å². The highest BCUT2D eigenvalue weighted by Gasteiger charge is 1.92. The van der Waals surface area contributed by atoms with Crippen LogP contribution < -0.4 is 10.6 Å². The Morgan fingerprint density at radius 2 is 1.68 bits per heavy atom. The molecule has 0 aliphatic carbocycles. The summed E-state index contributed by atoms with van der Waals surface area (Å²) < 4.78 is 0. The Bertz CT molecular complexity index is 262. The fraction of sp³-hybridized carbons (Fsp3) is 0.647. The third-order valence-electron chi connectivity index (χ3n) is 2.54. The highest BCUT2D eigenvalue weighted by molar-refractivity contribution is 5.32. The SMILES string of the molecule is CC.C\C=C/C(=C\C)/C=C(\C)CNCCCCNC. The molecular weight excluding hydrogens is 232 g/mol. The molecule has 0 amide bonds. The van der Waals surface area contributed by atoms with Crippen LogP contribution >= 0.6 is 0 Å². The summed E-state index contributed by atoms with van der Waals surface area (Å²) in [6.45, 7) is 13.5. The van der Waals surface area contributed by atoms with Crippen LogP contribution in [0, 0.1) is 0 Å². The lowest BCUT2D eigenvalue weighted by Crippen LogP contribution is -2.19. The smallest absolute Gasteiger partial charge is 0.0165 e. The molecule has 0 bridgehead atoms.